The molecule has 1 atom stereocenters. The predicted octanol–water partition coefficient (Wildman–Crippen LogP) is 1.47. The molecule has 0 aromatic heterocycles. The minimum atomic E-state index is -0.147. The maximum atomic E-state index is 12.0. The molecule has 0 aliphatic heterocycles. The number of aliphatic hydroxyl groups excluding tert-OH is 1. The molecule has 1 aromatic carbocycles. The largest absolute Gasteiger partial charge is 0.398 e. The second-order valence-corrected chi connectivity index (χ2v) is 4.28. The molecule has 0 aliphatic rings. The number of hydrogen-bond acceptors (Lipinski definition) is 3. The number of nitrogens with one attached hydrogen (secondary N) is 1. The Kier molecular flexibility index (Phi) is 4.97. The van der Waals surface area contributed by atoms with E-state index in [9.17, 15) is 4.79 Å². The van der Waals surface area contributed by atoms with Crippen LogP contribution in [-0.4, -0.2) is 23.7 Å². The highest BCUT2D eigenvalue weighted by molar-refractivity contribution is 6.00. The molecule has 0 radical (unpaired) electrons. The van der Waals surface area contributed by atoms with Crippen molar-refractivity contribution in [1.29, 1.82) is 0 Å². The van der Waals surface area contributed by atoms with Crippen molar-refractivity contribution in [2.75, 3.05) is 12.3 Å². The number of aryl methyl sites for hydroxylation is 1. The van der Waals surface area contributed by atoms with Gasteiger partial charge in [0.25, 0.3) is 5.91 Å². The minimum Gasteiger partial charge on any atom is -0.398 e. The molecule has 17 heavy (non-hydrogen) atoms. The Hall–Kier alpha value is -1.55. The van der Waals surface area contributed by atoms with Gasteiger partial charge >= 0.3 is 0 Å². The number of benzene rings is 1. The molecular weight excluding hydrogens is 216 g/mol. The Morgan fingerprint density at radius 1 is 1.53 bits per heavy atom. The first-order valence-electron chi connectivity index (χ1n) is 5.83. The molecule has 0 saturated heterocycles. The first-order valence-corrected chi connectivity index (χ1v) is 5.83. The summed E-state index contributed by atoms with van der Waals surface area (Å²) in [4.78, 5) is 12.0. The summed E-state index contributed by atoms with van der Waals surface area (Å²) in [6, 6.07) is 5.45. The highest BCUT2D eigenvalue weighted by Crippen LogP contribution is 2.16. The summed E-state index contributed by atoms with van der Waals surface area (Å²) in [6.45, 7) is 3.93. The van der Waals surface area contributed by atoms with Gasteiger partial charge in [-0.25, -0.2) is 0 Å². The first-order chi connectivity index (χ1) is 8.06. The van der Waals surface area contributed by atoms with E-state index in [4.69, 9.17) is 10.8 Å². The number of anilines is 1. The molecule has 0 heterocycles. The maximum Gasteiger partial charge on any atom is 0.253 e. The van der Waals surface area contributed by atoms with E-state index in [1.807, 2.05) is 26.0 Å². The molecular formula is C13H20N2O2. The molecule has 4 nitrogen and oxygen atoms in total. The topological polar surface area (TPSA) is 75.4 Å². The van der Waals surface area contributed by atoms with Crippen LogP contribution in [0.3, 0.4) is 0 Å². The number of aliphatic hydroxyl groups is 1. The van der Waals surface area contributed by atoms with Gasteiger partial charge in [-0.1, -0.05) is 12.1 Å². The summed E-state index contributed by atoms with van der Waals surface area (Å²) >= 11 is 0. The van der Waals surface area contributed by atoms with Gasteiger partial charge in [-0.2, -0.15) is 0 Å². The zero-order valence-corrected chi connectivity index (χ0v) is 10.4. The smallest absolute Gasteiger partial charge is 0.253 e. The van der Waals surface area contributed by atoms with Crippen LogP contribution in [0.5, 0.6) is 0 Å². The van der Waals surface area contributed by atoms with Crippen molar-refractivity contribution in [2.24, 2.45) is 0 Å². The third-order valence-corrected chi connectivity index (χ3v) is 2.70. The van der Waals surface area contributed by atoms with Gasteiger partial charge in [0, 0.05) is 18.3 Å². The molecule has 0 spiro atoms. The molecule has 0 bridgehead atoms. The number of rotatable bonds is 5. The molecule has 4 N–H and O–H groups in total. The van der Waals surface area contributed by atoms with Crippen LogP contribution in [0.25, 0.3) is 0 Å². The average Bonchev–Trinajstić information content (AvgIpc) is 2.26. The summed E-state index contributed by atoms with van der Waals surface area (Å²) in [5.41, 5.74) is 7.71. The van der Waals surface area contributed by atoms with Crippen LogP contribution in [0.1, 0.15) is 35.7 Å². The molecule has 0 saturated carbocycles. The third kappa shape index (κ3) is 3.75. The first kappa shape index (κ1) is 13.5. The Morgan fingerprint density at radius 3 is 2.82 bits per heavy atom. The van der Waals surface area contributed by atoms with Crippen molar-refractivity contribution in [3.05, 3.63) is 29.3 Å². The molecule has 4 heteroatoms. The lowest BCUT2D eigenvalue weighted by molar-refractivity contribution is 0.0936. The van der Waals surface area contributed by atoms with E-state index >= 15 is 0 Å². The van der Waals surface area contributed by atoms with E-state index in [1.165, 1.54) is 0 Å². The average molecular weight is 236 g/mol. The normalized spacial score (nSPS) is 12.2. The summed E-state index contributed by atoms with van der Waals surface area (Å²) in [5, 5.41) is 11.6. The number of carbonyl (C=O) groups excluding carboxylic acids is 1. The van der Waals surface area contributed by atoms with E-state index in [0.29, 0.717) is 17.7 Å². The summed E-state index contributed by atoms with van der Waals surface area (Å²) in [6.07, 6.45) is 1.44. The van der Waals surface area contributed by atoms with Gasteiger partial charge in [-0.3, -0.25) is 4.79 Å². The third-order valence-electron chi connectivity index (χ3n) is 2.70. The van der Waals surface area contributed by atoms with Gasteiger partial charge in [0.15, 0.2) is 0 Å². The van der Waals surface area contributed by atoms with Gasteiger partial charge < -0.3 is 16.2 Å². The molecule has 0 aliphatic carbocycles. The lowest BCUT2D eigenvalue weighted by Crippen LogP contribution is -2.33. The second kappa shape index (κ2) is 6.25. The molecule has 1 unspecified atom stereocenters. The number of hydrogen-bond donors (Lipinski definition) is 3. The number of amides is 1. The zero-order chi connectivity index (χ0) is 12.8. The van der Waals surface area contributed by atoms with Crippen LogP contribution < -0.4 is 11.1 Å². The van der Waals surface area contributed by atoms with Gasteiger partial charge in [0.1, 0.15) is 0 Å². The highest BCUT2D eigenvalue weighted by atomic mass is 16.2. The fourth-order valence-electron chi connectivity index (χ4n) is 1.77. The lowest BCUT2D eigenvalue weighted by Gasteiger charge is -2.15. The van der Waals surface area contributed by atoms with E-state index in [0.717, 1.165) is 12.0 Å². The summed E-state index contributed by atoms with van der Waals surface area (Å²) in [7, 11) is 0. The molecule has 1 aromatic rings. The van der Waals surface area contributed by atoms with Crippen molar-refractivity contribution < 1.29 is 9.90 Å². The molecule has 1 rings (SSSR count). The van der Waals surface area contributed by atoms with Gasteiger partial charge in [0.05, 0.1) is 5.56 Å². The van der Waals surface area contributed by atoms with Crippen molar-refractivity contribution in [2.45, 2.75) is 32.7 Å². The monoisotopic (exact) mass is 236 g/mol. The SMILES string of the molecule is Cc1cccc(N)c1C(=O)NC(C)CCCO. The Balaban J connectivity index is 2.70. The quantitative estimate of drug-likeness (QED) is 0.678. The van der Waals surface area contributed by atoms with E-state index in [1.54, 1.807) is 6.07 Å². The van der Waals surface area contributed by atoms with Gasteiger partial charge in [-0.15, -0.1) is 0 Å². The molecule has 0 fully saturated rings. The fraction of sp³-hybridized carbons (Fsp3) is 0.462. The van der Waals surface area contributed by atoms with Crippen molar-refractivity contribution in [3.8, 4) is 0 Å². The number of carbonyl (C=O) groups is 1. The van der Waals surface area contributed by atoms with Crippen LogP contribution in [0.15, 0.2) is 18.2 Å². The van der Waals surface area contributed by atoms with Crippen molar-refractivity contribution in [1.82, 2.24) is 5.32 Å². The van der Waals surface area contributed by atoms with E-state index in [-0.39, 0.29) is 18.6 Å². The summed E-state index contributed by atoms with van der Waals surface area (Å²) in [5.74, 6) is -0.147. The lowest BCUT2D eigenvalue weighted by atomic mass is 10.1. The number of nitrogens with two attached hydrogens (primary N) is 1. The summed E-state index contributed by atoms with van der Waals surface area (Å²) < 4.78 is 0. The van der Waals surface area contributed by atoms with E-state index < -0.39 is 0 Å². The fourth-order valence-corrected chi connectivity index (χ4v) is 1.77. The minimum absolute atomic E-state index is 0.0358. The molecule has 1 amide bonds. The van der Waals surface area contributed by atoms with Crippen molar-refractivity contribution in [3.63, 3.8) is 0 Å². The van der Waals surface area contributed by atoms with Crippen LogP contribution in [0.4, 0.5) is 5.69 Å². The Morgan fingerprint density at radius 2 is 2.24 bits per heavy atom. The van der Waals surface area contributed by atoms with E-state index in [2.05, 4.69) is 5.32 Å². The van der Waals surface area contributed by atoms with Crippen LogP contribution in [0, 0.1) is 6.92 Å². The van der Waals surface area contributed by atoms with Crippen LogP contribution in [0.2, 0.25) is 0 Å². The highest BCUT2D eigenvalue weighted by Gasteiger charge is 2.14. The standard InChI is InChI=1S/C13H20N2O2/c1-9-5-3-7-11(14)12(9)13(17)15-10(2)6-4-8-16/h3,5,7,10,16H,4,6,8,14H2,1-2H3,(H,15,17). The van der Waals surface area contributed by atoms with Crippen molar-refractivity contribution >= 4 is 11.6 Å². The number of nitrogen functional groups attached to an aromatic ring is 1. The van der Waals surface area contributed by atoms with Crippen LogP contribution >= 0.6 is 0 Å². The second-order valence-electron chi connectivity index (χ2n) is 4.28. The molecule has 94 valence electrons. The Labute approximate surface area is 102 Å². The zero-order valence-electron chi connectivity index (χ0n) is 10.4. The Bertz CT molecular complexity index is 371. The van der Waals surface area contributed by atoms with Gasteiger partial charge in [-0.05, 0) is 38.3 Å². The van der Waals surface area contributed by atoms with Crippen LogP contribution in [-0.2, 0) is 0 Å². The van der Waals surface area contributed by atoms with Gasteiger partial charge in [0.2, 0.25) is 0 Å². The predicted molar refractivity (Wildman–Crippen MR) is 68.8 cm³/mol. The maximum absolute atomic E-state index is 12.0.